The van der Waals surface area contributed by atoms with Crippen molar-refractivity contribution in [2.24, 2.45) is 22.2 Å². The molecule has 3 aromatic rings. The number of anilines is 1. The molecule has 10 heteroatoms. The van der Waals surface area contributed by atoms with Gasteiger partial charge in [0.25, 0.3) is 5.91 Å². The van der Waals surface area contributed by atoms with Gasteiger partial charge in [0.2, 0.25) is 5.91 Å². The van der Waals surface area contributed by atoms with Crippen LogP contribution in [0.15, 0.2) is 94.5 Å². The molecule has 0 bridgehead atoms. The number of rotatable bonds is 11. The molecule has 65 heavy (non-hydrogen) atoms. The van der Waals surface area contributed by atoms with Crippen molar-refractivity contribution in [1.29, 1.82) is 0 Å². The molecule has 9 rings (SSSR count). The summed E-state index contributed by atoms with van der Waals surface area (Å²) in [5.74, 6) is 6.58. The first kappa shape index (κ1) is 44.5. The van der Waals surface area contributed by atoms with Crippen molar-refractivity contribution in [2.75, 3.05) is 51.2 Å². The van der Waals surface area contributed by atoms with Gasteiger partial charge in [0.05, 0.1) is 5.56 Å². The lowest BCUT2D eigenvalue weighted by atomic mass is 9.51. The summed E-state index contributed by atoms with van der Waals surface area (Å²) in [5.41, 5.74) is 8.16. The van der Waals surface area contributed by atoms with E-state index in [0.29, 0.717) is 69.3 Å². The smallest absolute Gasteiger partial charge is 0.256 e. The first-order chi connectivity index (χ1) is 31.4. The highest BCUT2D eigenvalue weighted by Gasteiger charge is 2.62. The summed E-state index contributed by atoms with van der Waals surface area (Å²) in [6.07, 6.45) is 11.3. The third-order valence-corrected chi connectivity index (χ3v) is 15.8. The van der Waals surface area contributed by atoms with Crippen LogP contribution in [0.4, 0.5) is 10.1 Å². The highest BCUT2D eigenvalue weighted by molar-refractivity contribution is 6.15. The van der Waals surface area contributed by atoms with Crippen LogP contribution >= 0.6 is 0 Å². The van der Waals surface area contributed by atoms with Gasteiger partial charge in [-0.1, -0.05) is 67.3 Å². The fourth-order valence-corrected chi connectivity index (χ4v) is 12.3. The van der Waals surface area contributed by atoms with Gasteiger partial charge in [-0.2, -0.15) is 0 Å². The van der Waals surface area contributed by atoms with Gasteiger partial charge >= 0.3 is 0 Å². The van der Waals surface area contributed by atoms with Crippen LogP contribution < -0.4 is 4.90 Å². The zero-order chi connectivity index (χ0) is 45.5. The van der Waals surface area contributed by atoms with E-state index in [2.05, 4.69) is 60.0 Å². The molecule has 9 nitrogen and oxygen atoms in total. The zero-order valence-corrected chi connectivity index (χ0v) is 38.1. The second kappa shape index (κ2) is 18.3. The third kappa shape index (κ3) is 8.53. The lowest BCUT2D eigenvalue weighted by Gasteiger charge is -2.53. The van der Waals surface area contributed by atoms with Crippen molar-refractivity contribution in [3.63, 3.8) is 0 Å². The van der Waals surface area contributed by atoms with Gasteiger partial charge in [0.1, 0.15) is 18.0 Å². The van der Waals surface area contributed by atoms with Crippen molar-refractivity contribution in [3.05, 3.63) is 123 Å². The third-order valence-electron chi connectivity index (χ3n) is 15.8. The molecule has 5 atom stereocenters. The topological polar surface area (TPSA) is 111 Å². The number of benzene rings is 3. The Balaban J connectivity index is 0.756. The van der Waals surface area contributed by atoms with Crippen molar-refractivity contribution in [3.8, 4) is 11.8 Å². The Bertz CT molecular complexity index is 2560. The molecule has 1 saturated heterocycles. The Hall–Kier alpha value is -5.66. The second-order valence-electron chi connectivity index (χ2n) is 19.5. The van der Waals surface area contributed by atoms with Crippen LogP contribution in [0, 0.1) is 34.9 Å². The van der Waals surface area contributed by atoms with Crippen LogP contribution in [-0.2, 0) is 16.0 Å². The molecule has 338 valence electrons. The van der Waals surface area contributed by atoms with Crippen LogP contribution in [0.5, 0.6) is 0 Å². The van der Waals surface area contributed by atoms with Gasteiger partial charge < -0.3 is 19.8 Å². The normalized spacial score (nSPS) is 26.0. The number of aliphatic hydroxyl groups is 1. The van der Waals surface area contributed by atoms with E-state index in [1.54, 1.807) is 23.1 Å². The van der Waals surface area contributed by atoms with Gasteiger partial charge in [-0.05, 0) is 123 Å². The van der Waals surface area contributed by atoms with Crippen molar-refractivity contribution in [2.45, 2.75) is 102 Å². The molecule has 4 aliphatic carbocycles. The van der Waals surface area contributed by atoms with Crippen LogP contribution in [0.25, 0.3) is 0 Å². The molecule has 0 aromatic heterocycles. The van der Waals surface area contributed by atoms with E-state index in [-0.39, 0.29) is 46.8 Å². The van der Waals surface area contributed by atoms with E-state index in [9.17, 15) is 24.3 Å². The number of aliphatic imine (C=N–C) groups is 1. The number of hydrogen-bond acceptors (Lipinski definition) is 7. The maximum Gasteiger partial charge on any atom is 0.256 e. The van der Waals surface area contributed by atoms with Crippen LogP contribution in [0.3, 0.4) is 0 Å². The number of hydrogen-bond donors (Lipinski definition) is 1. The summed E-state index contributed by atoms with van der Waals surface area (Å²) in [4.78, 5) is 61.8. The summed E-state index contributed by atoms with van der Waals surface area (Å²) in [5, 5.41) is 12.0. The van der Waals surface area contributed by atoms with Gasteiger partial charge in [-0.15, -0.1) is 5.92 Å². The Morgan fingerprint density at radius 1 is 0.923 bits per heavy atom. The van der Waals surface area contributed by atoms with Crippen LogP contribution in [0.1, 0.15) is 128 Å². The second-order valence-corrected chi connectivity index (χ2v) is 19.5. The van der Waals surface area contributed by atoms with Gasteiger partial charge in [0, 0.05) is 92.9 Å². The van der Waals surface area contributed by atoms with Crippen molar-refractivity contribution >= 4 is 34.8 Å². The number of carbonyl (C=O) groups excluding carboxylic acids is 4. The largest absolute Gasteiger partial charge is 0.377 e. The number of piperazine rings is 1. The molecular weight excluding hydrogens is 816 g/mol. The Labute approximate surface area is 382 Å². The van der Waals surface area contributed by atoms with E-state index in [1.165, 1.54) is 28.3 Å². The molecule has 2 saturated carbocycles. The van der Waals surface area contributed by atoms with E-state index >= 15 is 4.39 Å². The number of fused-ring (bicyclic) bond motifs is 5. The molecule has 1 N–H and O–H groups in total. The highest BCUT2D eigenvalue weighted by Crippen LogP contribution is 2.66. The van der Waals surface area contributed by atoms with Crippen molar-refractivity contribution in [1.82, 2.24) is 9.80 Å². The van der Waals surface area contributed by atoms with E-state index in [0.717, 1.165) is 80.4 Å². The number of ketones is 2. The molecular formula is C55H61FN4O5. The molecule has 3 fully saturated rings. The SMILES string of the molecule is CC#C[C@]1(O)CC[C@H]2[C@@H]3CCC4=CC(=O)CCC4=C3[C@@H](c3ccc(N(C)CCCCCC(=O)N4CCN(C(=O)c5cc(CC6=NCC(=O)c7ccccc76)ccc5F)CC4)cc3)C[C@@]21C. The maximum atomic E-state index is 15.1. The average Bonchev–Trinajstić information content (AvgIpc) is 3.58. The molecule has 2 aliphatic heterocycles. The number of amides is 2. The number of allylic oxidation sites excluding steroid dienone is 4. The first-order valence-corrected chi connectivity index (χ1v) is 23.8. The van der Waals surface area contributed by atoms with Crippen molar-refractivity contribution < 1.29 is 28.7 Å². The Morgan fingerprint density at radius 2 is 1.68 bits per heavy atom. The lowest BCUT2D eigenvalue weighted by Crippen LogP contribution is -2.51. The molecule has 2 amide bonds. The summed E-state index contributed by atoms with van der Waals surface area (Å²) >= 11 is 0. The summed E-state index contributed by atoms with van der Waals surface area (Å²) in [7, 11) is 2.11. The summed E-state index contributed by atoms with van der Waals surface area (Å²) in [6, 6.07) is 20.9. The lowest BCUT2D eigenvalue weighted by molar-refractivity contribution is -0.132. The minimum atomic E-state index is -0.998. The summed E-state index contributed by atoms with van der Waals surface area (Å²) < 4.78 is 15.1. The average molecular weight is 877 g/mol. The number of carbonyl (C=O) groups is 4. The van der Waals surface area contributed by atoms with E-state index < -0.39 is 11.4 Å². The van der Waals surface area contributed by atoms with Gasteiger partial charge in [-0.25, -0.2) is 4.39 Å². The maximum absolute atomic E-state index is 15.1. The fourth-order valence-electron chi connectivity index (χ4n) is 12.3. The molecule has 0 spiro atoms. The monoisotopic (exact) mass is 876 g/mol. The fraction of sp³-hybridized carbons (Fsp3) is 0.473. The number of nitrogens with zero attached hydrogens (tertiary/aromatic N) is 4. The number of Topliss-reactive ketones (excluding diaryl/α,β-unsaturated/α-hetero) is 1. The predicted octanol–water partition coefficient (Wildman–Crippen LogP) is 8.69. The Kier molecular flexibility index (Phi) is 12.5. The minimum absolute atomic E-state index is 0.00660. The standard InChI is InChI=1S/C55H61FN4O5/c1-4-24-55(65)25-23-47-44-20-16-38-33-40(61)19-21-41(38)52(44)46(34-54(47,55)2)37-14-17-39(18-15-37)58(3)26-9-5-6-12-51(63)59-27-29-60(30-28-59)53(64)45-31-36(13-22-48(45)56)32-49-42-10-7-8-11-43(42)50(62)35-57-49/h7-8,10-11,13-15,17-18,22,31,33,44,46-47,65H,5-6,9,12,16,19-21,23,25-30,32,34-35H2,1-3H3/t44-,46+,47-,54-,55-/m0/s1. The summed E-state index contributed by atoms with van der Waals surface area (Å²) in [6.45, 7) is 6.56. The molecule has 6 aliphatic rings. The Morgan fingerprint density at radius 3 is 2.45 bits per heavy atom. The van der Waals surface area contributed by atoms with E-state index in [4.69, 9.17) is 0 Å². The number of unbranched alkanes of at least 4 members (excludes halogenated alkanes) is 2. The molecule has 2 heterocycles. The molecule has 0 unspecified atom stereocenters. The van der Waals surface area contributed by atoms with Gasteiger partial charge in [-0.3, -0.25) is 24.2 Å². The zero-order valence-electron chi connectivity index (χ0n) is 38.1. The molecule has 0 radical (unpaired) electrons. The molecule has 3 aromatic carbocycles. The van der Waals surface area contributed by atoms with Gasteiger partial charge in [0.15, 0.2) is 11.6 Å². The number of halogens is 1. The van der Waals surface area contributed by atoms with Crippen LogP contribution in [-0.4, -0.2) is 95.9 Å². The minimum Gasteiger partial charge on any atom is -0.377 e. The van der Waals surface area contributed by atoms with Crippen LogP contribution in [0.2, 0.25) is 0 Å². The quantitative estimate of drug-likeness (QED) is 0.153. The predicted molar refractivity (Wildman–Crippen MR) is 252 cm³/mol. The highest BCUT2D eigenvalue weighted by atomic mass is 19.1. The first-order valence-electron chi connectivity index (χ1n) is 23.8. The van der Waals surface area contributed by atoms with E-state index in [1.807, 2.05) is 36.1 Å².